The van der Waals surface area contributed by atoms with Crippen molar-refractivity contribution in [1.29, 1.82) is 0 Å². The van der Waals surface area contributed by atoms with E-state index in [9.17, 15) is 4.79 Å². The van der Waals surface area contributed by atoms with E-state index in [0.29, 0.717) is 5.91 Å². The molecule has 1 atom stereocenters. The van der Waals surface area contributed by atoms with E-state index >= 15 is 0 Å². The zero-order valence-corrected chi connectivity index (χ0v) is 13.8. The Hall–Kier alpha value is -1.16. The van der Waals surface area contributed by atoms with E-state index in [1.807, 2.05) is 11.8 Å². The largest absolute Gasteiger partial charge is 0.368 e. The Morgan fingerprint density at radius 2 is 1.95 bits per heavy atom. The maximum absolute atomic E-state index is 12.5. The smallest absolute Gasteiger partial charge is 0.226 e. The van der Waals surface area contributed by atoms with Crippen molar-refractivity contribution in [2.75, 3.05) is 42.6 Å². The number of aryl methyl sites for hydroxylation is 1. The van der Waals surface area contributed by atoms with Gasteiger partial charge in [0.25, 0.3) is 0 Å². The summed E-state index contributed by atoms with van der Waals surface area (Å²) in [5.74, 6) is 2.84. The molecule has 1 aromatic rings. The molecule has 114 valence electrons. The number of rotatable bonds is 2. The number of piperazine rings is 1. The van der Waals surface area contributed by atoms with Gasteiger partial charge < -0.3 is 9.80 Å². The molecule has 1 aromatic carbocycles. The number of hydrogen-bond acceptors (Lipinski definition) is 3. The van der Waals surface area contributed by atoms with E-state index < -0.39 is 0 Å². The highest BCUT2D eigenvalue weighted by Gasteiger charge is 2.30. The van der Waals surface area contributed by atoms with Crippen LogP contribution in [0.5, 0.6) is 0 Å². The van der Waals surface area contributed by atoms with Crippen LogP contribution in [-0.2, 0) is 4.79 Å². The summed E-state index contributed by atoms with van der Waals surface area (Å²) in [5.41, 5.74) is 4.04. The lowest BCUT2D eigenvalue weighted by atomic mass is 10.1. The number of hydrogen-bond donors (Lipinski definition) is 0. The molecule has 3 nitrogen and oxygen atoms in total. The quantitative estimate of drug-likeness (QED) is 0.839. The minimum Gasteiger partial charge on any atom is -0.368 e. The molecule has 2 fully saturated rings. The van der Waals surface area contributed by atoms with Gasteiger partial charge in [-0.2, -0.15) is 11.8 Å². The second kappa shape index (κ2) is 6.30. The van der Waals surface area contributed by atoms with Crippen LogP contribution in [0, 0.1) is 19.8 Å². The molecule has 0 aromatic heterocycles. The highest BCUT2D eigenvalue weighted by molar-refractivity contribution is 7.99. The van der Waals surface area contributed by atoms with Gasteiger partial charge in [-0.1, -0.05) is 12.1 Å². The molecule has 0 bridgehead atoms. The third-order valence-corrected chi connectivity index (χ3v) is 5.95. The summed E-state index contributed by atoms with van der Waals surface area (Å²) in [5, 5.41) is 0. The van der Waals surface area contributed by atoms with Gasteiger partial charge in [0.05, 0.1) is 0 Å². The van der Waals surface area contributed by atoms with E-state index in [1.165, 1.54) is 16.8 Å². The number of carbonyl (C=O) groups is 1. The fourth-order valence-corrected chi connectivity index (χ4v) is 4.45. The lowest BCUT2D eigenvalue weighted by molar-refractivity contribution is -0.135. The molecule has 2 aliphatic rings. The maximum Gasteiger partial charge on any atom is 0.226 e. The first-order valence-corrected chi connectivity index (χ1v) is 9.00. The second-order valence-electron chi connectivity index (χ2n) is 6.09. The average Bonchev–Trinajstić information content (AvgIpc) is 3.04. The van der Waals surface area contributed by atoms with Crippen molar-refractivity contribution < 1.29 is 4.79 Å². The molecule has 2 aliphatic heterocycles. The fraction of sp³-hybridized carbons (Fsp3) is 0.588. The molecule has 0 radical (unpaired) electrons. The molecule has 0 saturated carbocycles. The van der Waals surface area contributed by atoms with Gasteiger partial charge in [-0.3, -0.25) is 4.79 Å². The molecule has 4 heteroatoms. The lowest BCUT2D eigenvalue weighted by Gasteiger charge is -2.38. The van der Waals surface area contributed by atoms with Crippen molar-refractivity contribution in [1.82, 2.24) is 4.90 Å². The predicted molar refractivity (Wildman–Crippen MR) is 90.1 cm³/mol. The summed E-state index contributed by atoms with van der Waals surface area (Å²) in [6, 6.07) is 6.49. The number of benzene rings is 1. The standard InChI is InChI=1S/C17H24N2OS/c1-13-4-3-5-16(14(13)2)18-7-9-19(10-8-18)17(20)15-6-11-21-12-15/h3-5,15H,6-12H2,1-2H3. The van der Waals surface area contributed by atoms with Crippen LogP contribution in [0.3, 0.4) is 0 Å². The van der Waals surface area contributed by atoms with Gasteiger partial charge >= 0.3 is 0 Å². The number of nitrogens with zero attached hydrogens (tertiary/aromatic N) is 2. The minimum absolute atomic E-state index is 0.280. The van der Waals surface area contributed by atoms with Crippen molar-refractivity contribution in [3.8, 4) is 0 Å². The minimum atomic E-state index is 0.280. The predicted octanol–water partition coefficient (Wildman–Crippen LogP) is 2.71. The van der Waals surface area contributed by atoms with Crippen molar-refractivity contribution in [3.63, 3.8) is 0 Å². The van der Waals surface area contributed by atoms with Crippen LogP contribution in [0.25, 0.3) is 0 Å². The summed E-state index contributed by atoms with van der Waals surface area (Å²) in [4.78, 5) is 17.0. The Bertz CT molecular complexity index is 518. The SMILES string of the molecule is Cc1cccc(N2CCN(C(=O)C3CCSC3)CC2)c1C. The average molecular weight is 304 g/mol. The summed E-state index contributed by atoms with van der Waals surface area (Å²) in [7, 11) is 0. The number of carbonyl (C=O) groups excluding carboxylic acids is 1. The van der Waals surface area contributed by atoms with E-state index in [1.54, 1.807) is 0 Å². The zero-order chi connectivity index (χ0) is 14.8. The Labute approximate surface area is 131 Å². The van der Waals surface area contributed by atoms with E-state index in [0.717, 1.165) is 44.1 Å². The first-order valence-electron chi connectivity index (χ1n) is 7.84. The van der Waals surface area contributed by atoms with Gasteiger partial charge in [0.1, 0.15) is 0 Å². The van der Waals surface area contributed by atoms with Gasteiger partial charge in [0.15, 0.2) is 0 Å². The van der Waals surface area contributed by atoms with Crippen LogP contribution in [0.2, 0.25) is 0 Å². The van der Waals surface area contributed by atoms with Gasteiger partial charge in [-0.25, -0.2) is 0 Å². The molecular formula is C17H24N2OS. The molecule has 0 aliphatic carbocycles. The maximum atomic E-state index is 12.5. The van der Waals surface area contributed by atoms with Crippen LogP contribution < -0.4 is 4.90 Å². The third-order valence-electron chi connectivity index (χ3n) is 4.79. The molecule has 0 N–H and O–H groups in total. The van der Waals surface area contributed by atoms with E-state index in [-0.39, 0.29) is 5.92 Å². The Morgan fingerprint density at radius 3 is 2.62 bits per heavy atom. The van der Waals surface area contributed by atoms with E-state index in [2.05, 4.69) is 41.8 Å². The highest BCUT2D eigenvalue weighted by atomic mass is 32.2. The summed E-state index contributed by atoms with van der Waals surface area (Å²) < 4.78 is 0. The third kappa shape index (κ3) is 3.05. The first-order chi connectivity index (χ1) is 10.2. The van der Waals surface area contributed by atoms with Crippen molar-refractivity contribution in [3.05, 3.63) is 29.3 Å². The fourth-order valence-electron chi connectivity index (χ4n) is 3.23. The second-order valence-corrected chi connectivity index (χ2v) is 7.24. The Kier molecular flexibility index (Phi) is 4.43. The zero-order valence-electron chi connectivity index (χ0n) is 13.0. The molecule has 21 heavy (non-hydrogen) atoms. The topological polar surface area (TPSA) is 23.6 Å². The summed E-state index contributed by atoms with van der Waals surface area (Å²) in [6.07, 6.45) is 1.07. The molecule has 0 spiro atoms. The highest BCUT2D eigenvalue weighted by Crippen LogP contribution is 2.27. The van der Waals surface area contributed by atoms with Crippen LogP contribution >= 0.6 is 11.8 Å². The number of anilines is 1. The molecular weight excluding hydrogens is 280 g/mol. The molecule has 1 amide bonds. The van der Waals surface area contributed by atoms with Crippen molar-refractivity contribution >= 4 is 23.4 Å². The van der Waals surface area contributed by atoms with Crippen LogP contribution in [-0.4, -0.2) is 48.5 Å². The van der Waals surface area contributed by atoms with Gasteiger partial charge in [-0.05, 0) is 43.2 Å². The number of amides is 1. The lowest BCUT2D eigenvalue weighted by Crippen LogP contribution is -2.50. The van der Waals surface area contributed by atoms with Crippen LogP contribution in [0.15, 0.2) is 18.2 Å². The first kappa shape index (κ1) is 14.8. The normalized spacial score (nSPS) is 22.7. The Morgan fingerprint density at radius 1 is 1.19 bits per heavy atom. The van der Waals surface area contributed by atoms with Crippen molar-refractivity contribution in [2.24, 2.45) is 5.92 Å². The van der Waals surface area contributed by atoms with E-state index in [4.69, 9.17) is 0 Å². The van der Waals surface area contributed by atoms with Crippen LogP contribution in [0.4, 0.5) is 5.69 Å². The number of thioether (sulfide) groups is 1. The molecule has 2 saturated heterocycles. The summed E-state index contributed by atoms with van der Waals surface area (Å²) >= 11 is 1.92. The van der Waals surface area contributed by atoms with Crippen LogP contribution in [0.1, 0.15) is 17.5 Å². The summed E-state index contributed by atoms with van der Waals surface area (Å²) in [6.45, 7) is 8.00. The van der Waals surface area contributed by atoms with Crippen molar-refractivity contribution in [2.45, 2.75) is 20.3 Å². The van der Waals surface area contributed by atoms with Gasteiger partial charge in [0, 0.05) is 43.5 Å². The molecule has 1 unspecified atom stereocenters. The van der Waals surface area contributed by atoms with Gasteiger partial charge in [-0.15, -0.1) is 0 Å². The van der Waals surface area contributed by atoms with Gasteiger partial charge in [0.2, 0.25) is 5.91 Å². The monoisotopic (exact) mass is 304 g/mol. The molecule has 3 rings (SSSR count). The Balaban J connectivity index is 1.62. The molecule has 2 heterocycles.